The van der Waals surface area contributed by atoms with Gasteiger partial charge in [0.25, 0.3) is 0 Å². The topological polar surface area (TPSA) is 83.6 Å². The molecule has 2 aromatic carbocycles. The summed E-state index contributed by atoms with van der Waals surface area (Å²) in [4.78, 5) is 13.5. The summed E-state index contributed by atoms with van der Waals surface area (Å²) in [7, 11) is 0. The van der Waals surface area contributed by atoms with Gasteiger partial charge in [-0.15, -0.1) is 21.5 Å². The molecule has 6 nitrogen and oxygen atoms in total. The van der Waals surface area contributed by atoms with E-state index in [-0.39, 0.29) is 11.7 Å². The van der Waals surface area contributed by atoms with Crippen LogP contribution in [0.2, 0.25) is 0 Å². The summed E-state index contributed by atoms with van der Waals surface area (Å²) in [6.07, 6.45) is 0.355. The van der Waals surface area contributed by atoms with Crippen LogP contribution in [0.1, 0.15) is 11.1 Å². The molecule has 8 heteroatoms. The molecule has 0 radical (unpaired) electrons. The Bertz CT molecular complexity index is 1180. The second kappa shape index (κ2) is 10.1. The normalized spacial score (nSPS) is 10.5. The molecule has 2 heterocycles. The van der Waals surface area contributed by atoms with Gasteiger partial charge in [-0.05, 0) is 34.7 Å². The molecule has 0 saturated heterocycles. The first-order chi connectivity index (χ1) is 15.2. The van der Waals surface area contributed by atoms with Gasteiger partial charge in [0.2, 0.25) is 5.91 Å². The van der Waals surface area contributed by atoms with Crippen molar-refractivity contribution in [2.24, 2.45) is 0 Å². The van der Waals surface area contributed by atoms with Crippen LogP contribution in [0, 0.1) is 11.3 Å². The molecular formula is C23H19N5OS2. The van der Waals surface area contributed by atoms with Crippen molar-refractivity contribution in [1.82, 2.24) is 14.8 Å². The fraction of sp³-hybridized carbons (Fsp3) is 0.130. The van der Waals surface area contributed by atoms with E-state index >= 15 is 0 Å². The average molecular weight is 446 g/mol. The van der Waals surface area contributed by atoms with Gasteiger partial charge in [-0.3, -0.25) is 9.36 Å². The van der Waals surface area contributed by atoms with Gasteiger partial charge in [-0.1, -0.05) is 60.3 Å². The van der Waals surface area contributed by atoms with Crippen molar-refractivity contribution >= 4 is 34.7 Å². The highest BCUT2D eigenvalue weighted by Crippen LogP contribution is 2.28. The van der Waals surface area contributed by atoms with Crippen LogP contribution in [-0.4, -0.2) is 26.4 Å². The van der Waals surface area contributed by atoms with Gasteiger partial charge in [-0.25, -0.2) is 0 Å². The minimum absolute atomic E-state index is 0.120. The summed E-state index contributed by atoms with van der Waals surface area (Å²) in [6, 6.07) is 23.6. The molecule has 0 atom stereocenters. The summed E-state index contributed by atoms with van der Waals surface area (Å²) in [5.74, 6) is 0.900. The van der Waals surface area contributed by atoms with Gasteiger partial charge in [-0.2, -0.15) is 5.26 Å². The third kappa shape index (κ3) is 5.40. The Morgan fingerprint density at radius 3 is 2.55 bits per heavy atom. The maximum atomic E-state index is 12.5. The molecular weight excluding hydrogens is 426 g/mol. The third-order valence-corrected chi connectivity index (χ3v) is 6.33. The van der Waals surface area contributed by atoms with E-state index in [0.29, 0.717) is 23.8 Å². The van der Waals surface area contributed by atoms with Crippen molar-refractivity contribution in [2.45, 2.75) is 18.1 Å². The Balaban J connectivity index is 1.46. The highest BCUT2D eigenvalue weighted by molar-refractivity contribution is 7.99. The second-order valence-electron chi connectivity index (χ2n) is 6.72. The van der Waals surface area contributed by atoms with Gasteiger partial charge in [0.15, 0.2) is 11.0 Å². The van der Waals surface area contributed by atoms with E-state index in [9.17, 15) is 4.79 Å². The number of thioether (sulfide) groups is 1. The maximum absolute atomic E-state index is 12.5. The highest BCUT2D eigenvalue weighted by atomic mass is 32.2. The van der Waals surface area contributed by atoms with Gasteiger partial charge < -0.3 is 5.32 Å². The predicted octanol–water partition coefficient (Wildman–Crippen LogP) is 4.85. The zero-order valence-electron chi connectivity index (χ0n) is 16.6. The van der Waals surface area contributed by atoms with E-state index in [1.165, 1.54) is 11.8 Å². The van der Waals surface area contributed by atoms with Crippen LogP contribution in [-0.2, 0) is 17.8 Å². The summed E-state index contributed by atoms with van der Waals surface area (Å²) >= 11 is 2.97. The van der Waals surface area contributed by atoms with Crippen LogP contribution in [0.15, 0.2) is 77.3 Å². The van der Waals surface area contributed by atoms with E-state index in [1.54, 1.807) is 11.3 Å². The summed E-state index contributed by atoms with van der Waals surface area (Å²) in [6.45, 7) is 0.630. The minimum atomic E-state index is -0.120. The smallest absolute Gasteiger partial charge is 0.234 e. The molecule has 154 valence electrons. The first-order valence-corrected chi connectivity index (χ1v) is 11.5. The fourth-order valence-corrected chi connectivity index (χ4v) is 4.47. The summed E-state index contributed by atoms with van der Waals surface area (Å²) in [5, 5.41) is 23.1. The molecule has 0 spiro atoms. The molecule has 31 heavy (non-hydrogen) atoms. The number of rotatable bonds is 8. The van der Waals surface area contributed by atoms with E-state index in [4.69, 9.17) is 5.26 Å². The quantitative estimate of drug-likeness (QED) is 0.392. The zero-order valence-corrected chi connectivity index (χ0v) is 18.2. The number of aromatic nitrogens is 3. The fourth-order valence-electron chi connectivity index (χ4n) is 3.02. The number of carbonyl (C=O) groups is 1. The Hall–Kier alpha value is -3.41. The molecule has 0 aliphatic heterocycles. The van der Waals surface area contributed by atoms with E-state index in [2.05, 4.69) is 38.3 Å². The number of anilines is 1. The monoisotopic (exact) mass is 445 g/mol. The number of amides is 1. The number of benzene rings is 2. The minimum Gasteiger partial charge on any atom is -0.325 e. The van der Waals surface area contributed by atoms with Crippen LogP contribution in [0.5, 0.6) is 0 Å². The van der Waals surface area contributed by atoms with Crippen molar-refractivity contribution in [3.63, 3.8) is 0 Å². The van der Waals surface area contributed by atoms with Crippen molar-refractivity contribution < 1.29 is 4.79 Å². The third-order valence-electron chi connectivity index (χ3n) is 4.50. The molecule has 1 N–H and O–H groups in total. The van der Waals surface area contributed by atoms with E-state index < -0.39 is 0 Å². The van der Waals surface area contributed by atoms with Gasteiger partial charge in [0.1, 0.15) is 0 Å². The van der Waals surface area contributed by atoms with Crippen LogP contribution < -0.4 is 5.32 Å². The van der Waals surface area contributed by atoms with Gasteiger partial charge in [0.05, 0.1) is 29.7 Å². The van der Waals surface area contributed by atoms with Crippen LogP contribution in [0.25, 0.3) is 10.7 Å². The van der Waals surface area contributed by atoms with Crippen molar-refractivity contribution in [3.05, 3.63) is 83.2 Å². The first-order valence-electron chi connectivity index (χ1n) is 9.62. The number of nitrogens with one attached hydrogen (secondary N) is 1. The lowest BCUT2D eigenvalue weighted by Gasteiger charge is -2.10. The van der Waals surface area contributed by atoms with Crippen LogP contribution >= 0.6 is 23.1 Å². The molecule has 2 aromatic heterocycles. The number of hydrogen-bond donors (Lipinski definition) is 1. The summed E-state index contributed by atoms with van der Waals surface area (Å²) in [5.41, 5.74) is 2.77. The van der Waals surface area contributed by atoms with Crippen molar-refractivity contribution in [2.75, 3.05) is 11.1 Å². The SMILES string of the molecule is N#CCc1ccc(NC(=O)CSc2nnc(-c3cccs3)n2Cc2ccccc2)cc1. The molecule has 0 unspecified atom stereocenters. The second-order valence-corrected chi connectivity index (χ2v) is 8.61. The van der Waals surface area contributed by atoms with Crippen molar-refractivity contribution in [3.8, 4) is 16.8 Å². The van der Waals surface area contributed by atoms with Gasteiger partial charge in [0, 0.05) is 5.69 Å². The molecule has 0 fully saturated rings. The largest absolute Gasteiger partial charge is 0.325 e. The lowest BCUT2D eigenvalue weighted by Crippen LogP contribution is -2.14. The Morgan fingerprint density at radius 2 is 1.84 bits per heavy atom. The highest BCUT2D eigenvalue weighted by Gasteiger charge is 2.17. The molecule has 0 aliphatic rings. The molecule has 4 aromatic rings. The number of nitrogens with zero attached hydrogens (tertiary/aromatic N) is 4. The number of nitriles is 1. The zero-order chi connectivity index (χ0) is 21.5. The number of hydrogen-bond acceptors (Lipinski definition) is 6. The lowest BCUT2D eigenvalue weighted by molar-refractivity contribution is -0.113. The predicted molar refractivity (Wildman–Crippen MR) is 124 cm³/mol. The molecule has 0 bridgehead atoms. The van der Waals surface area contributed by atoms with Crippen LogP contribution in [0.4, 0.5) is 5.69 Å². The first kappa shape index (κ1) is 20.8. The standard InChI is InChI=1S/C23H19N5OS2/c24-13-12-17-8-10-19(11-9-17)25-21(29)16-31-23-27-26-22(20-7-4-14-30-20)28(23)15-18-5-2-1-3-6-18/h1-11,14H,12,15-16H2,(H,25,29). The molecule has 4 rings (SSSR count). The molecule has 0 aliphatic carbocycles. The van der Waals surface area contributed by atoms with Crippen LogP contribution in [0.3, 0.4) is 0 Å². The number of thiophene rings is 1. The lowest BCUT2D eigenvalue weighted by atomic mass is 10.1. The summed E-state index contributed by atoms with van der Waals surface area (Å²) < 4.78 is 2.05. The average Bonchev–Trinajstić information content (AvgIpc) is 3.45. The Labute approximate surface area is 188 Å². The molecule has 0 saturated carbocycles. The Morgan fingerprint density at radius 1 is 1.03 bits per heavy atom. The molecule has 1 amide bonds. The van der Waals surface area contributed by atoms with E-state index in [1.807, 2.05) is 60.0 Å². The maximum Gasteiger partial charge on any atom is 0.234 e. The van der Waals surface area contributed by atoms with Gasteiger partial charge >= 0.3 is 0 Å². The van der Waals surface area contributed by atoms with E-state index in [0.717, 1.165) is 21.8 Å². The Kier molecular flexibility index (Phi) is 6.77. The number of carbonyl (C=O) groups excluding carboxylic acids is 1. The van der Waals surface area contributed by atoms with Crippen molar-refractivity contribution in [1.29, 1.82) is 5.26 Å².